The number of piperidine rings is 1. The van der Waals surface area contributed by atoms with E-state index < -0.39 is 0 Å². The van der Waals surface area contributed by atoms with E-state index in [1.807, 2.05) is 18.7 Å². The highest BCUT2D eigenvalue weighted by atomic mass is 16.3. The van der Waals surface area contributed by atoms with Crippen molar-refractivity contribution >= 4 is 11.9 Å². The molecule has 1 aliphatic rings. The van der Waals surface area contributed by atoms with Gasteiger partial charge >= 0.3 is 0 Å². The van der Waals surface area contributed by atoms with E-state index in [0.717, 1.165) is 25.5 Å². The number of amides is 1. The first-order valence-corrected chi connectivity index (χ1v) is 8.93. The van der Waals surface area contributed by atoms with Crippen LogP contribution in [-0.4, -0.2) is 59.5 Å². The number of nitrogens with one attached hydrogen (secondary N) is 2. The number of guanidine groups is 1. The molecule has 1 saturated heterocycles. The molecule has 0 radical (unpaired) electrons. The highest BCUT2D eigenvalue weighted by Crippen LogP contribution is 2.27. The predicted molar refractivity (Wildman–Crippen MR) is 99.0 cm³/mol. The maximum atomic E-state index is 11.9. The number of hydrogen-bond donors (Lipinski definition) is 2. The number of carbonyl (C=O) groups is 1. The third-order valence-corrected chi connectivity index (χ3v) is 4.78. The molecule has 8 heteroatoms. The topological polar surface area (TPSA) is 87.7 Å². The van der Waals surface area contributed by atoms with Gasteiger partial charge in [0.05, 0.1) is 18.6 Å². The van der Waals surface area contributed by atoms with Crippen molar-refractivity contribution in [1.29, 1.82) is 0 Å². The SMILES string of the molecule is CN=C(NCCNC(=O)c1ccco1)N1CCC(C)C(n2ccnc2)C1. The van der Waals surface area contributed by atoms with Crippen molar-refractivity contribution in [1.82, 2.24) is 25.1 Å². The summed E-state index contributed by atoms with van der Waals surface area (Å²) in [4.78, 5) is 22.7. The molecule has 2 aromatic heterocycles. The monoisotopic (exact) mass is 358 g/mol. The zero-order chi connectivity index (χ0) is 18.4. The molecule has 0 spiro atoms. The van der Waals surface area contributed by atoms with E-state index in [9.17, 15) is 4.79 Å². The van der Waals surface area contributed by atoms with E-state index in [2.05, 4.69) is 37.0 Å². The Morgan fingerprint density at radius 2 is 2.27 bits per heavy atom. The molecule has 0 aliphatic carbocycles. The van der Waals surface area contributed by atoms with Crippen LogP contribution in [0, 0.1) is 5.92 Å². The van der Waals surface area contributed by atoms with Crippen molar-refractivity contribution in [2.45, 2.75) is 19.4 Å². The van der Waals surface area contributed by atoms with Gasteiger partial charge in [-0.15, -0.1) is 0 Å². The van der Waals surface area contributed by atoms with Crippen LogP contribution in [0.15, 0.2) is 46.5 Å². The minimum absolute atomic E-state index is 0.209. The number of hydrogen-bond acceptors (Lipinski definition) is 4. The van der Waals surface area contributed by atoms with Gasteiger partial charge in [-0.25, -0.2) is 4.98 Å². The van der Waals surface area contributed by atoms with Crippen LogP contribution in [0.5, 0.6) is 0 Å². The predicted octanol–water partition coefficient (Wildman–Crippen LogP) is 1.36. The van der Waals surface area contributed by atoms with Gasteiger partial charge in [0.25, 0.3) is 5.91 Å². The van der Waals surface area contributed by atoms with Gasteiger partial charge < -0.3 is 24.5 Å². The molecule has 3 rings (SSSR count). The lowest BCUT2D eigenvalue weighted by Gasteiger charge is -2.39. The van der Waals surface area contributed by atoms with E-state index in [1.54, 1.807) is 19.2 Å². The molecule has 1 fully saturated rings. The van der Waals surface area contributed by atoms with E-state index >= 15 is 0 Å². The number of furan rings is 1. The van der Waals surface area contributed by atoms with E-state index in [-0.39, 0.29) is 5.91 Å². The van der Waals surface area contributed by atoms with E-state index in [1.165, 1.54) is 6.26 Å². The summed E-state index contributed by atoms with van der Waals surface area (Å²) in [5, 5.41) is 6.15. The Kier molecular flexibility index (Phi) is 5.93. The molecular weight excluding hydrogens is 332 g/mol. The van der Waals surface area contributed by atoms with Crippen molar-refractivity contribution in [2.75, 3.05) is 33.2 Å². The smallest absolute Gasteiger partial charge is 0.287 e. The van der Waals surface area contributed by atoms with Crippen LogP contribution in [0.1, 0.15) is 29.9 Å². The lowest BCUT2D eigenvalue weighted by Crippen LogP contribution is -2.50. The normalized spacial score (nSPS) is 20.8. The summed E-state index contributed by atoms with van der Waals surface area (Å²) in [5.41, 5.74) is 0. The molecule has 140 valence electrons. The van der Waals surface area contributed by atoms with Gasteiger partial charge in [0.2, 0.25) is 0 Å². The standard InChI is InChI=1S/C18H26N6O2/c1-14-5-9-23(12-15(14)24-10-8-20-13-24)18(19-2)22-7-6-21-17(25)16-4-3-11-26-16/h3-4,8,10-11,13-15H,5-7,9,12H2,1-2H3,(H,19,22)(H,21,25). The summed E-state index contributed by atoms with van der Waals surface area (Å²) < 4.78 is 7.25. The van der Waals surface area contributed by atoms with Gasteiger partial charge in [-0.1, -0.05) is 6.92 Å². The summed E-state index contributed by atoms with van der Waals surface area (Å²) >= 11 is 0. The minimum atomic E-state index is -0.209. The third kappa shape index (κ3) is 4.25. The van der Waals surface area contributed by atoms with E-state index in [0.29, 0.717) is 30.8 Å². The summed E-state index contributed by atoms with van der Waals surface area (Å²) in [5.74, 6) is 1.56. The number of imidazole rings is 1. The molecule has 1 amide bonds. The maximum absolute atomic E-state index is 11.9. The fourth-order valence-electron chi connectivity index (χ4n) is 3.27. The second-order valence-electron chi connectivity index (χ2n) is 6.50. The van der Waals surface area contributed by atoms with Crippen molar-refractivity contribution in [2.24, 2.45) is 10.9 Å². The highest BCUT2D eigenvalue weighted by Gasteiger charge is 2.28. The first kappa shape index (κ1) is 18.0. The molecule has 2 unspecified atom stereocenters. The Hall–Kier alpha value is -2.77. The molecule has 0 bridgehead atoms. The van der Waals surface area contributed by atoms with Crippen LogP contribution < -0.4 is 10.6 Å². The minimum Gasteiger partial charge on any atom is -0.459 e. The largest absolute Gasteiger partial charge is 0.459 e. The first-order valence-electron chi connectivity index (χ1n) is 8.93. The van der Waals surface area contributed by atoms with Crippen LogP contribution in [0.3, 0.4) is 0 Å². The Morgan fingerprint density at radius 1 is 1.42 bits per heavy atom. The number of carbonyl (C=O) groups excluding carboxylic acids is 1. The lowest BCUT2D eigenvalue weighted by atomic mass is 9.93. The average Bonchev–Trinajstić information content (AvgIpc) is 3.36. The van der Waals surface area contributed by atoms with Gasteiger partial charge in [0, 0.05) is 45.6 Å². The fraction of sp³-hybridized carbons (Fsp3) is 0.500. The fourth-order valence-corrected chi connectivity index (χ4v) is 3.27. The van der Waals surface area contributed by atoms with Crippen LogP contribution in [0.25, 0.3) is 0 Å². The van der Waals surface area contributed by atoms with Crippen LogP contribution >= 0.6 is 0 Å². The van der Waals surface area contributed by atoms with Gasteiger partial charge in [0.1, 0.15) is 0 Å². The van der Waals surface area contributed by atoms with Gasteiger partial charge in [-0.2, -0.15) is 0 Å². The van der Waals surface area contributed by atoms with Crippen molar-refractivity contribution in [3.63, 3.8) is 0 Å². The molecule has 2 aromatic rings. The Bertz CT molecular complexity index is 710. The zero-order valence-corrected chi connectivity index (χ0v) is 15.3. The lowest BCUT2D eigenvalue weighted by molar-refractivity contribution is 0.0926. The van der Waals surface area contributed by atoms with Crippen molar-refractivity contribution in [3.05, 3.63) is 42.9 Å². The third-order valence-electron chi connectivity index (χ3n) is 4.78. The molecule has 0 aromatic carbocycles. The number of aromatic nitrogens is 2. The zero-order valence-electron chi connectivity index (χ0n) is 15.3. The van der Waals surface area contributed by atoms with E-state index in [4.69, 9.17) is 4.42 Å². The summed E-state index contributed by atoms with van der Waals surface area (Å²) in [6.07, 6.45) is 8.30. The summed E-state index contributed by atoms with van der Waals surface area (Å²) in [6, 6.07) is 3.72. The number of likely N-dealkylation sites (tertiary alicyclic amines) is 1. The van der Waals surface area contributed by atoms with Gasteiger partial charge in [-0.05, 0) is 24.5 Å². The Labute approximate surface area is 153 Å². The summed E-state index contributed by atoms with van der Waals surface area (Å²) in [7, 11) is 1.79. The number of rotatable bonds is 5. The maximum Gasteiger partial charge on any atom is 0.287 e. The second kappa shape index (κ2) is 8.55. The Balaban J connectivity index is 1.48. The van der Waals surface area contributed by atoms with Crippen molar-refractivity contribution < 1.29 is 9.21 Å². The quantitative estimate of drug-likeness (QED) is 0.479. The highest BCUT2D eigenvalue weighted by molar-refractivity contribution is 5.91. The molecule has 0 saturated carbocycles. The number of nitrogens with zero attached hydrogens (tertiary/aromatic N) is 4. The molecular formula is C18H26N6O2. The molecule has 8 nitrogen and oxygen atoms in total. The van der Waals surface area contributed by atoms with Gasteiger partial charge in [-0.3, -0.25) is 9.79 Å². The molecule has 2 N–H and O–H groups in total. The van der Waals surface area contributed by atoms with Crippen LogP contribution in [0.4, 0.5) is 0 Å². The van der Waals surface area contributed by atoms with Gasteiger partial charge in [0.15, 0.2) is 11.7 Å². The molecule has 3 heterocycles. The molecule has 1 aliphatic heterocycles. The summed E-state index contributed by atoms with van der Waals surface area (Å²) in [6.45, 7) is 5.22. The van der Waals surface area contributed by atoms with Crippen LogP contribution in [0.2, 0.25) is 0 Å². The average molecular weight is 358 g/mol. The molecule has 2 atom stereocenters. The first-order chi connectivity index (χ1) is 12.7. The molecule has 26 heavy (non-hydrogen) atoms. The van der Waals surface area contributed by atoms with Crippen molar-refractivity contribution in [3.8, 4) is 0 Å². The number of aliphatic imine (C=N–C) groups is 1. The van der Waals surface area contributed by atoms with Crippen LogP contribution in [-0.2, 0) is 0 Å². The second-order valence-corrected chi connectivity index (χ2v) is 6.50. The Morgan fingerprint density at radius 3 is 2.96 bits per heavy atom.